The number of hydrogen-bond donors (Lipinski definition) is 3. The van der Waals surface area contributed by atoms with Crippen LogP contribution in [0.25, 0.3) is 0 Å². The lowest BCUT2D eigenvalue weighted by molar-refractivity contribution is -0.113. The van der Waals surface area contributed by atoms with E-state index < -0.39 is 0 Å². The molecule has 0 radical (unpaired) electrons. The van der Waals surface area contributed by atoms with Gasteiger partial charge in [-0.1, -0.05) is 48.2 Å². The number of benzene rings is 2. The minimum absolute atomic E-state index is 0.158. The molecule has 0 unspecified atom stereocenters. The summed E-state index contributed by atoms with van der Waals surface area (Å²) in [7, 11) is 1.58. The lowest BCUT2D eigenvalue weighted by atomic mass is 10.2. The normalized spacial score (nSPS) is 10.7. The minimum atomic E-state index is -0.158. The molecule has 1 heterocycles. The van der Waals surface area contributed by atoms with Crippen molar-refractivity contribution in [3.05, 3.63) is 60.2 Å². The number of anilines is 2. The molecule has 1 amide bonds. The lowest BCUT2D eigenvalue weighted by Gasteiger charge is -2.06. The third-order valence-electron chi connectivity index (χ3n) is 3.33. The van der Waals surface area contributed by atoms with Crippen LogP contribution in [0.15, 0.2) is 64.9 Å². The van der Waals surface area contributed by atoms with Crippen LogP contribution < -0.4 is 15.5 Å². The van der Waals surface area contributed by atoms with Crippen molar-refractivity contribution in [2.45, 2.75) is 5.16 Å². The summed E-state index contributed by atoms with van der Waals surface area (Å²) >= 11 is 1.22. The fourth-order valence-corrected chi connectivity index (χ4v) is 2.69. The molecule has 0 spiro atoms. The van der Waals surface area contributed by atoms with E-state index in [2.05, 4.69) is 31.0 Å². The van der Waals surface area contributed by atoms with E-state index in [-0.39, 0.29) is 11.7 Å². The van der Waals surface area contributed by atoms with Gasteiger partial charge in [-0.05, 0) is 17.7 Å². The number of hydrazone groups is 1. The number of H-pyrrole nitrogens is 1. The van der Waals surface area contributed by atoms with Crippen molar-refractivity contribution in [1.82, 2.24) is 15.2 Å². The fourth-order valence-electron chi connectivity index (χ4n) is 2.10. The Morgan fingerprint density at radius 1 is 1.26 bits per heavy atom. The van der Waals surface area contributed by atoms with Gasteiger partial charge in [0.05, 0.1) is 19.1 Å². The second kappa shape index (κ2) is 9.39. The molecule has 3 rings (SSSR count). The number of carbonyl (C=O) groups is 1. The van der Waals surface area contributed by atoms with Gasteiger partial charge in [0.25, 0.3) is 0 Å². The van der Waals surface area contributed by atoms with Gasteiger partial charge in [0.2, 0.25) is 17.0 Å². The van der Waals surface area contributed by atoms with Crippen LogP contribution in [0.2, 0.25) is 0 Å². The van der Waals surface area contributed by atoms with Gasteiger partial charge < -0.3 is 10.1 Å². The summed E-state index contributed by atoms with van der Waals surface area (Å²) in [5.41, 5.74) is 4.41. The predicted octanol–water partition coefficient (Wildman–Crippen LogP) is 2.99. The minimum Gasteiger partial charge on any atom is -0.497 e. The number of nitrogens with zero attached hydrogens (tertiary/aromatic N) is 3. The van der Waals surface area contributed by atoms with Crippen LogP contribution >= 0.6 is 11.8 Å². The zero-order valence-corrected chi connectivity index (χ0v) is 15.4. The van der Waals surface area contributed by atoms with Crippen LogP contribution in [0, 0.1) is 0 Å². The van der Waals surface area contributed by atoms with Gasteiger partial charge >= 0.3 is 0 Å². The van der Waals surface area contributed by atoms with Crippen LogP contribution in [-0.4, -0.2) is 40.2 Å². The van der Waals surface area contributed by atoms with E-state index >= 15 is 0 Å². The van der Waals surface area contributed by atoms with Gasteiger partial charge in [0.1, 0.15) is 5.75 Å². The van der Waals surface area contributed by atoms with Gasteiger partial charge in [0.15, 0.2) is 0 Å². The average Bonchev–Trinajstić information content (AvgIpc) is 3.15. The third-order valence-corrected chi connectivity index (χ3v) is 4.18. The summed E-state index contributed by atoms with van der Waals surface area (Å²) in [4.78, 5) is 16.3. The van der Waals surface area contributed by atoms with E-state index in [1.807, 2.05) is 42.5 Å². The molecule has 0 bridgehead atoms. The van der Waals surface area contributed by atoms with E-state index in [1.165, 1.54) is 11.8 Å². The van der Waals surface area contributed by atoms with Crippen molar-refractivity contribution >= 4 is 35.5 Å². The number of rotatable bonds is 8. The number of methoxy groups -OCH3 is 1. The van der Waals surface area contributed by atoms with Crippen LogP contribution in [0.4, 0.5) is 11.6 Å². The molecule has 3 aromatic rings. The Morgan fingerprint density at radius 2 is 2.11 bits per heavy atom. The topological polar surface area (TPSA) is 104 Å². The Hall–Kier alpha value is -3.33. The Kier molecular flexibility index (Phi) is 6.42. The Morgan fingerprint density at radius 3 is 2.93 bits per heavy atom. The van der Waals surface area contributed by atoms with Gasteiger partial charge in [-0.2, -0.15) is 10.1 Å². The molecule has 0 aliphatic carbocycles. The first-order valence-electron chi connectivity index (χ1n) is 8.06. The second-order valence-electron chi connectivity index (χ2n) is 5.32. The molecule has 0 saturated heterocycles. The number of aromatic amines is 1. The number of amides is 1. The zero-order valence-electron chi connectivity index (χ0n) is 14.5. The smallest absolute Gasteiger partial charge is 0.240 e. The Balaban J connectivity index is 1.46. The maximum Gasteiger partial charge on any atom is 0.240 e. The van der Waals surface area contributed by atoms with E-state index in [0.717, 1.165) is 5.56 Å². The first-order valence-corrected chi connectivity index (χ1v) is 9.05. The molecule has 0 fully saturated rings. The molecule has 138 valence electrons. The summed E-state index contributed by atoms with van der Waals surface area (Å²) in [6, 6.07) is 16.9. The van der Waals surface area contributed by atoms with Crippen LogP contribution in [-0.2, 0) is 4.79 Å². The molecule has 0 saturated carbocycles. The molecule has 9 heteroatoms. The molecular weight excluding hydrogens is 364 g/mol. The van der Waals surface area contributed by atoms with Crippen molar-refractivity contribution in [3.8, 4) is 5.75 Å². The highest BCUT2D eigenvalue weighted by atomic mass is 32.2. The maximum atomic E-state index is 12.0. The number of aromatic nitrogens is 3. The van der Waals surface area contributed by atoms with Gasteiger partial charge in [0, 0.05) is 11.8 Å². The van der Waals surface area contributed by atoms with Crippen LogP contribution in [0.5, 0.6) is 5.75 Å². The van der Waals surface area contributed by atoms with Crippen molar-refractivity contribution in [2.24, 2.45) is 5.10 Å². The average molecular weight is 382 g/mol. The molecule has 8 nitrogen and oxygen atoms in total. The molecular formula is C18H18N6O2S. The molecule has 27 heavy (non-hydrogen) atoms. The Bertz CT molecular complexity index is 913. The SMILES string of the molecule is COc1cccc(NC(=O)CSc2n[nH]c(N/N=C\c3ccccc3)n2)c1. The highest BCUT2D eigenvalue weighted by molar-refractivity contribution is 7.99. The largest absolute Gasteiger partial charge is 0.497 e. The third kappa shape index (κ3) is 5.86. The quantitative estimate of drug-likeness (QED) is 0.314. The van der Waals surface area contributed by atoms with Gasteiger partial charge in [-0.25, -0.2) is 10.5 Å². The van der Waals surface area contributed by atoms with Crippen molar-refractivity contribution in [1.29, 1.82) is 0 Å². The van der Waals surface area contributed by atoms with Crippen molar-refractivity contribution in [3.63, 3.8) is 0 Å². The summed E-state index contributed by atoms with van der Waals surface area (Å²) in [6.07, 6.45) is 1.68. The van der Waals surface area contributed by atoms with Gasteiger partial charge in [-0.15, -0.1) is 5.10 Å². The zero-order chi connectivity index (χ0) is 18.9. The van der Waals surface area contributed by atoms with Gasteiger partial charge in [-0.3, -0.25) is 4.79 Å². The first-order chi connectivity index (χ1) is 13.2. The predicted molar refractivity (Wildman–Crippen MR) is 106 cm³/mol. The fraction of sp³-hybridized carbons (Fsp3) is 0.111. The standard InChI is InChI=1S/C18H18N6O2S/c1-26-15-9-5-8-14(10-15)20-16(25)12-27-18-21-17(23-24-18)22-19-11-13-6-3-2-4-7-13/h2-11H,12H2,1H3,(H,20,25)(H2,21,22,23,24)/b19-11-. The molecule has 0 atom stereocenters. The second-order valence-corrected chi connectivity index (χ2v) is 6.26. The monoisotopic (exact) mass is 382 g/mol. The van der Waals surface area contributed by atoms with E-state index in [9.17, 15) is 4.79 Å². The summed E-state index contributed by atoms with van der Waals surface area (Å²) in [5.74, 6) is 1.11. The van der Waals surface area contributed by atoms with E-state index in [4.69, 9.17) is 4.74 Å². The van der Waals surface area contributed by atoms with E-state index in [1.54, 1.807) is 25.5 Å². The van der Waals surface area contributed by atoms with E-state index in [0.29, 0.717) is 22.5 Å². The van der Waals surface area contributed by atoms with Crippen LogP contribution in [0.1, 0.15) is 5.56 Å². The van der Waals surface area contributed by atoms with Crippen molar-refractivity contribution in [2.75, 3.05) is 23.6 Å². The van der Waals surface area contributed by atoms with Crippen LogP contribution in [0.3, 0.4) is 0 Å². The highest BCUT2D eigenvalue weighted by Crippen LogP contribution is 2.18. The number of thioether (sulfide) groups is 1. The summed E-state index contributed by atoms with van der Waals surface area (Å²) < 4.78 is 5.13. The number of carbonyl (C=O) groups excluding carboxylic acids is 1. The number of hydrogen-bond acceptors (Lipinski definition) is 7. The maximum absolute atomic E-state index is 12.0. The van der Waals surface area contributed by atoms with Crippen molar-refractivity contribution < 1.29 is 9.53 Å². The lowest BCUT2D eigenvalue weighted by Crippen LogP contribution is -2.14. The number of nitrogens with one attached hydrogen (secondary N) is 3. The highest BCUT2D eigenvalue weighted by Gasteiger charge is 2.08. The molecule has 1 aromatic heterocycles. The molecule has 3 N–H and O–H groups in total. The molecule has 2 aromatic carbocycles. The summed E-state index contributed by atoms with van der Waals surface area (Å²) in [5, 5.41) is 14.1. The molecule has 0 aliphatic rings. The summed E-state index contributed by atoms with van der Waals surface area (Å²) in [6.45, 7) is 0. The molecule has 0 aliphatic heterocycles. The Labute approximate surface area is 160 Å². The number of ether oxygens (including phenoxy) is 1. The first kappa shape index (κ1) is 18.5.